The van der Waals surface area contributed by atoms with Gasteiger partial charge in [-0.15, -0.1) is 10.2 Å². The first kappa shape index (κ1) is 15.9. The lowest BCUT2D eigenvalue weighted by Crippen LogP contribution is -2.41. The summed E-state index contributed by atoms with van der Waals surface area (Å²) < 4.78 is 7.97. The first-order valence-electron chi connectivity index (χ1n) is 8.97. The van der Waals surface area contributed by atoms with E-state index >= 15 is 0 Å². The quantitative estimate of drug-likeness (QED) is 0.889. The lowest BCUT2D eigenvalue weighted by Gasteiger charge is -2.13. The van der Waals surface area contributed by atoms with Crippen molar-refractivity contribution in [3.8, 4) is 5.75 Å². The summed E-state index contributed by atoms with van der Waals surface area (Å²) in [5.74, 6) is 2.78. The lowest BCUT2D eigenvalue weighted by atomic mass is 10.1. The maximum Gasteiger partial charge on any atom is 0.315 e. The van der Waals surface area contributed by atoms with Crippen molar-refractivity contribution in [3.63, 3.8) is 0 Å². The fourth-order valence-electron chi connectivity index (χ4n) is 3.47. The van der Waals surface area contributed by atoms with Gasteiger partial charge in [0.25, 0.3) is 0 Å². The van der Waals surface area contributed by atoms with Crippen LogP contribution in [0.1, 0.15) is 36.5 Å². The van der Waals surface area contributed by atoms with Crippen LogP contribution in [0.15, 0.2) is 24.3 Å². The molecule has 4 rings (SSSR count). The molecule has 0 spiro atoms. The van der Waals surface area contributed by atoms with Crippen molar-refractivity contribution in [2.75, 3.05) is 6.54 Å². The second-order valence-electron chi connectivity index (χ2n) is 6.61. The SMILES string of the molecule is O=C(NCc1nnc2n1CCCCC2)NC[C@@H]1Cc2ccccc2O1. The van der Waals surface area contributed by atoms with Crippen molar-refractivity contribution < 1.29 is 9.53 Å². The number of para-hydroxylation sites is 1. The van der Waals surface area contributed by atoms with Crippen molar-refractivity contribution in [1.29, 1.82) is 0 Å². The average Bonchev–Trinajstić information content (AvgIpc) is 3.14. The van der Waals surface area contributed by atoms with E-state index in [0.29, 0.717) is 13.1 Å². The Morgan fingerprint density at radius 3 is 3.04 bits per heavy atom. The van der Waals surface area contributed by atoms with Crippen molar-refractivity contribution in [2.45, 2.75) is 51.3 Å². The minimum absolute atomic E-state index is 0.00693. The van der Waals surface area contributed by atoms with E-state index in [-0.39, 0.29) is 12.1 Å². The van der Waals surface area contributed by atoms with E-state index in [1.807, 2.05) is 18.2 Å². The van der Waals surface area contributed by atoms with Crippen LogP contribution < -0.4 is 15.4 Å². The molecule has 1 aromatic carbocycles. The smallest absolute Gasteiger partial charge is 0.315 e. The zero-order valence-corrected chi connectivity index (χ0v) is 14.2. The summed E-state index contributed by atoms with van der Waals surface area (Å²) in [7, 11) is 0. The normalized spacial score (nSPS) is 18.6. The number of urea groups is 1. The van der Waals surface area contributed by atoms with Crippen molar-refractivity contribution >= 4 is 6.03 Å². The van der Waals surface area contributed by atoms with E-state index in [0.717, 1.165) is 49.6 Å². The number of nitrogens with one attached hydrogen (secondary N) is 2. The highest BCUT2D eigenvalue weighted by Gasteiger charge is 2.22. The molecule has 2 aliphatic rings. The number of carbonyl (C=O) groups excluding carboxylic acids is 1. The largest absolute Gasteiger partial charge is 0.488 e. The van der Waals surface area contributed by atoms with Crippen molar-refractivity contribution in [2.24, 2.45) is 0 Å². The topological polar surface area (TPSA) is 81.1 Å². The number of ether oxygens (including phenoxy) is 1. The van der Waals surface area contributed by atoms with Crippen LogP contribution in [0.4, 0.5) is 4.79 Å². The zero-order chi connectivity index (χ0) is 17.1. The van der Waals surface area contributed by atoms with Crippen molar-refractivity contribution in [1.82, 2.24) is 25.4 Å². The Morgan fingerprint density at radius 2 is 2.12 bits per heavy atom. The molecule has 2 aromatic rings. The third kappa shape index (κ3) is 3.60. The molecule has 0 bridgehead atoms. The van der Waals surface area contributed by atoms with E-state index < -0.39 is 0 Å². The fraction of sp³-hybridized carbons (Fsp3) is 0.500. The number of carbonyl (C=O) groups is 1. The third-order valence-corrected chi connectivity index (χ3v) is 4.80. The molecule has 2 aliphatic heterocycles. The Morgan fingerprint density at radius 1 is 1.20 bits per heavy atom. The van der Waals surface area contributed by atoms with Gasteiger partial charge in [-0.3, -0.25) is 0 Å². The molecule has 0 saturated carbocycles. The predicted octanol–water partition coefficient (Wildman–Crippen LogP) is 1.81. The molecule has 132 valence electrons. The molecule has 0 aliphatic carbocycles. The summed E-state index contributed by atoms with van der Waals surface area (Å²) in [4.78, 5) is 12.1. The van der Waals surface area contributed by atoms with Gasteiger partial charge in [-0.05, 0) is 24.5 Å². The molecule has 2 amide bonds. The Hall–Kier alpha value is -2.57. The number of amides is 2. The van der Waals surface area contributed by atoms with Crippen LogP contribution in [0.3, 0.4) is 0 Å². The van der Waals surface area contributed by atoms with Gasteiger partial charge < -0.3 is 19.9 Å². The number of fused-ring (bicyclic) bond motifs is 2. The second-order valence-corrected chi connectivity index (χ2v) is 6.61. The highest BCUT2D eigenvalue weighted by Crippen LogP contribution is 2.27. The Bertz CT molecular complexity index is 733. The monoisotopic (exact) mass is 341 g/mol. The predicted molar refractivity (Wildman–Crippen MR) is 92.4 cm³/mol. The number of hydrogen-bond acceptors (Lipinski definition) is 4. The van der Waals surface area contributed by atoms with E-state index in [9.17, 15) is 4.79 Å². The molecule has 7 nitrogen and oxygen atoms in total. The molecule has 2 N–H and O–H groups in total. The maximum absolute atomic E-state index is 12.1. The molecule has 3 heterocycles. The van der Waals surface area contributed by atoms with Gasteiger partial charge >= 0.3 is 6.03 Å². The number of aromatic nitrogens is 3. The van der Waals surface area contributed by atoms with Gasteiger partial charge in [0, 0.05) is 19.4 Å². The van der Waals surface area contributed by atoms with Gasteiger partial charge in [-0.25, -0.2) is 4.79 Å². The number of hydrogen-bond donors (Lipinski definition) is 2. The number of aryl methyl sites for hydroxylation is 1. The molecule has 0 unspecified atom stereocenters. The molecule has 7 heteroatoms. The van der Waals surface area contributed by atoms with E-state index in [4.69, 9.17) is 4.74 Å². The van der Waals surface area contributed by atoms with Crippen LogP contribution in [-0.2, 0) is 25.9 Å². The Labute approximate surface area is 146 Å². The molecule has 25 heavy (non-hydrogen) atoms. The second kappa shape index (κ2) is 7.13. The van der Waals surface area contributed by atoms with Crippen LogP contribution >= 0.6 is 0 Å². The van der Waals surface area contributed by atoms with Gasteiger partial charge in [0.15, 0.2) is 5.82 Å². The average molecular weight is 341 g/mol. The zero-order valence-electron chi connectivity index (χ0n) is 14.2. The standard InChI is InChI=1S/C18H23N5O2/c24-18(19-11-14-10-13-6-3-4-7-15(13)25-14)20-12-17-22-21-16-8-2-1-5-9-23(16)17/h3-4,6-7,14H,1-2,5,8-12H2,(H2,19,20,24)/t14-/m0/s1. The maximum atomic E-state index is 12.1. The van der Waals surface area contributed by atoms with E-state index in [2.05, 4.69) is 31.5 Å². The molecular formula is C18H23N5O2. The molecule has 0 fully saturated rings. The van der Waals surface area contributed by atoms with Crippen LogP contribution in [0.5, 0.6) is 5.75 Å². The number of nitrogens with zero attached hydrogens (tertiary/aromatic N) is 3. The first-order valence-corrected chi connectivity index (χ1v) is 8.97. The fourth-order valence-corrected chi connectivity index (χ4v) is 3.47. The summed E-state index contributed by atoms with van der Waals surface area (Å²) in [5.41, 5.74) is 1.20. The minimum atomic E-state index is -0.203. The van der Waals surface area contributed by atoms with Crippen LogP contribution in [0, 0.1) is 0 Å². The highest BCUT2D eigenvalue weighted by molar-refractivity contribution is 5.73. The Kier molecular flexibility index (Phi) is 4.54. The minimum Gasteiger partial charge on any atom is -0.488 e. The van der Waals surface area contributed by atoms with E-state index in [1.165, 1.54) is 12.0 Å². The summed E-state index contributed by atoms with van der Waals surface area (Å²) in [5, 5.41) is 14.2. The van der Waals surface area contributed by atoms with Gasteiger partial charge in [0.05, 0.1) is 13.1 Å². The molecule has 0 radical (unpaired) electrons. The van der Waals surface area contributed by atoms with Crippen LogP contribution in [0.2, 0.25) is 0 Å². The highest BCUT2D eigenvalue weighted by atomic mass is 16.5. The summed E-state index contributed by atoms with van der Waals surface area (Å²) in [6, 6.07) is 7.79. The molecule has 0 saturated heterocycles. The summed E-state index contributed by atoms with van der Waals surface area (Å²) in [6.45, 7) is 1.82. The van der Waals surface area contributed by atoms with Crippen molar-refractivity contribution in [3.05, 3.63) is 41.5 Å². The Balaban J connectivity index is 1.25. The summed E-state index contributed by atoms with van der Waals surface area (Å²) in [6.07, 6.45) is 5.32. The van der Waals surface area contributed by atoms with Crippen LogP contribution in [-0.4, -0.2) is 33.4 Å². The molecular weight excluding hydrogens is 318 g/mol. The third-order valence-electron chi connectivity index (χ3n) is 4.80. The lowest BCUT2D eigenvalue weighted by molar-refractivity contribution is 0.213. The van der Waals surface area contributed by atoms with Gasteiger partial charge in [-0.1, -0.05) is 24.6 Å². The first-order chi connectivity index (χ1) is 12.3. The van der Waals surface area contributed by atoms with Gasteiger partial charge in [-0.2, -0.15) is 0 Å². The van der Waals surface area contributed by atoms with Crippen LogP contribution in [0.25, 0.3) is 0 Å². The number of rotatable bonds is 4. The molecule has 1 aromatic heterocycles. The van der Waals surface area contributed by atoms with Gasteiger partial charge in [0.1, 0.15) is 17.7 Å². The van der Waals surface area contributed by atoms with Gasteiger partial charge in [0.2, 0.25) is 0 Å². The summed E-state index contributed by atoms with van der Waals surface area (Å²) >= 11 is 0. The molecule has 1 atom stereocenters. The van der Waals surface area contributed by atoms with E-state index in [1.54, 1.807) is 0 Å². The number of benzene rings is 1.